The highest BCUT2D eigenvalue weighted by molar-refractivity contribution is 6.21. The molecule has 4 rings (SSSR count). The van der Waals surface area contributed by atoms with Gasteiger partial charge in [0.15, 0.2) is 0 Å². The van der Waals surface area contributed by atoms with Gasteiger partial charge in [-0.1, -0.05) is 36.4 Å². The predicted molar refractivity (Wildman–Crippen MR) is 104 cm³/mol. The molecule has 3 unspecified atom stereocenters. The molecule has 2 aliphatic rings. The highest BCUT2D eigenvalue weighted by Crippen LogP contribution is 2.37. The van der Waals surface area contributed by atoms with Gasteiger partial charge < -0.3 is 10.0 Å². The summed E-state index contributed by atoms with van der Waals surface area (Å²) in [5, 5.41) is 10.3. The fourth-order valence-corrected chi connectivity index (χ4v) is 4.75. The van der Waals surface area contributed by atoms with Crippen molar-refractivity contribution >= 4 is 17.3 Å². The molecule has 3 atom stereocenters. The third-order valence-corrected chi connectivity index (χ3v) is 6.29. The summed E-state index contributed by atoms with van der Waals surface area (Å²) < 4.78 is 0. The number of aliphatic hydroxyl groups is 1. The van der Waals surface area contributed by atoms with E-state index in [-0.39, 0.29) is 11.5 Å². The second-order valence-corrected chi connectivity index (χ2v) is 7.94. The highest BCUT2D eigenvalue weighted by Gasteiger charge is 2.33. The molecule has 0 spiro atoms. The van der Waals surface area contributed by atoms with Crippen LogP contribution in [-0.2, 0) is 12.8 Å². The predicted octanol–water partition coefficient (Wildman–Crippen LogP) is 4.88. The van der Waals surface area contributed by atoms with Gasteiger partial charge in [0.2, 0.25) is 0 Å². The van der Waals surface area contributed by atoms with E-state index in [2.05, 4.69) is 53.4 Å². The number of nitrogens with zero attached hydrogens (tertiary/aromatic N) is 1. The average molecular weight is 356 g/mol. The quantitative estimate of drug-likeness (QED) is 0.773. The topological polar surface area (TPSA) is 23.5 Å². The second-order valence-electron chi connectivity index (χ2n) is 7.38. The molecular formula is C22H26ClNO. The van der Waals surface area contributed by atoms with Gasteiger partial charge in [-0.05, 0) is 67.3 Å². The van der Waals surface area contributed by atoms with Crippen molar-refractivity contribution in [3.8, 4) is 0 Å². The van der Waals surface area contributed by atoms with Crippen molar-refractivity contribution in [2.24, 2.45) is 0 Å². The number of rotatable bonds is 5. The number of anilines is 1. The van der Waals surface area contributed by atoms with Gasteiger partial charge in [0.1, 0.15) is 0 Å². The lowest BCUT2D eigenvalue weighted by molar-refractivity contribution is 0.180. The Labute approximate surface area is 155 Å². The summed E-state index contributed by atoms with van der Waals surface area (Å²) in [6.07, 6.45) is 6.03. The first kappa shape index (κ1) is 16.9. The van der Waals surface area contributed by atoms with Crippen molar-refractivity contribution in [2.45, 2.75) is 56.0 Å². The van der Waals surface area contributed by atoms with E-state index in [0.717, 1.165) is 50.6 Å². The zero-order valence-corrected chi connectivity index (χ0v) is 15.3. The van der Waals surface area contributed by atoms with Crippen molar-refractivity contribution in [2.75, 3.05) is 11.4 Å². The van der Waals surface area contributed by atoms with Crippen molar-refractivity contribution in [1.82, 2.24) is 0 Å². The Morgan fingerprint density at radius 1 is 1.08 bits per heavy atom. The van der Waals surface area contributed by atoms with E-state index in [0.29, 0.717) is 6.04 Å². The zero-order chi connectivity index (χ0) is 17.2. The first-order valence-electron chi connectivity index (χ1n) is 9.48. The maximum Gasteiger partial charge on any atom is 0.0795 e. The van der Waals surface area contributed by atoms with Gasteiger partial charge in [-0.25, -0.2) is 0 Å². The summed E-state index contributed by atoms with van der Waals surface area (Å²) in [7, 11) is 0. The molecule has 1 saturated heterocycles. The number of alkyl halides is 1. The number of fused-ring (bicyclic) bond motifs is 1. The molecule has 3 heteroatoms. The Morgan fingerprint density at radius 2 is 1.92 bits per heavy atom. The van der Waals surface area contributed by atoms with Gasteiger partial charge in [0, 0.05) is 18.3 Å². The minimum absolute atomic E-state index is 0.231. The number of benzene rings is 2. The smallest absolute Gasteiger partial charge is 0.0795 e. The maximum atomic E-state index is 10.0. The molecule has 0 bridgehead atoms. The lowest BCUT2D eigenvalue weighted by Gasteiger charge is -2.29. The molecule has 1 heterocycles. The lowest BCUT2D eigenvalue weighted by Crippen LogP contribution is -2.33. The number of hydrogen-bond donors (Lipinski definition) is 1. The molecule has 1 aliphatic carbocycles. The van der Waals surface area contributed by atoms with Crippen LogP contribution in [-0.4, -0.2) is 23.1 Å². The van der Waals surface area contributed by atoms with Crippen LogP contribution < -0.4 is 4.90 Å². The van der Waals surface area contributed by atoms with Crippen LogP contribution in [0, 0.1) is 0 Å². The number of aryl methyl sites for hydroxylation is 2. The lowest BCUT2D eigenvalue weighted by atomic mass is 10.0. The van der Waals surface area contributed by atoms with E-state index in [9.17, 15) is 5.11 Å². The average Bonchev–Trinajstić information content (AvgIpc) is 3.19. The number of hydrogen-bond acceptors (Lipinski definition) is 2. The summed E-state index contributed by atoms with van der Waals surface area (Å²) in [5.74, 6) is 0. The molecule has 1 N–H and O–H groups in total. The SMILES string of the molecule is OC1CCc2cc(N3CCC(Cl)C3CCCc3ccccc3)ccc21. The van der Waals surface area contributed by atoms with Crippen LogP contribution in [0.3, 0.4) is 0 Å². The molecular weight excluding hydrogens is 330 g/mol. The van der Waals surface area contributed by atoms with E-state index in [1.807, 2.05) is 0 Å². The van der Waals surface area contributed by atoms with E-state index >= 15 is 0 Å². The third kappa shape index (κ3) is 3.56. The van der Waals surface area contributed by atoms with Gasteiger partial charge in [0.25, 0.3) is 0 Å². The molecule has 2 aromatic carbocycles. The van der Waals surface area contributed by atoms with Crippen LogP contribution in [0.1, 0.15) is 48.5 Å². The fraction of sp³-hybridized carbons (Fsp3) is 0.455. The van der Waals surface area contributed by atoms with Crippen molar-refractivity contribution < 1.29 is 5.11 Å². The summed E-state index contributed by atoms with van der Waals surface area (Å²) in [5.41, 5.74) is 5.11. The summed E-state index contributed by atoms with van der Waals surface area (Å²) in [4.78, 5) is 2.49. The van der Waals surface area contributed by atoms with Crippen LogP contribution in [0.5, 0.6) is 0 Å². The van der Waals surface area contributed by atoms with Crippen LogP contribution >= 0.6 is 11.6 Å². The van der Waals surface area contributed by atoms with E-state index in [1.54, 1.807) is 0 Å². The van der Waals surface area contributed by atoms with E-state index in [1.165, 1.54) is 16.8 Å². The molecule has 132 valence electrons. The minimum atomic E-state index is -0.273. The first-order chi connectivity index (χ1) is 12.2. The molecule has 2 nitrogen and oxygen atoms in total. The Kier molecular flexibility index (Phi) is 5.00. The summed E-state index contributed by atoms with van der Waals surface area (Å²) in [6.45, 7) is 1.03. The largest absolute Gasteiger partial charge is 0.388 e. The number of aliphatic hydroxyl groups excluding tert-OH is 1. The van der Waals surface area contributed by atoms with Gasteiger partial charge in [-0.15, -0.1) is 11.6 Å². The molecule has 1 aliphatic heterocycles. The second kappa shape index (κ2) is 7.39. The van der Waals surface area contributed by atoms with Gasteiger partial charge in [-0.3, -0.25) is 0 Å². The van der Waals surface area contributed by atoms with Crippen LogP contribution in [0.25, 0.3) is 0 Å². The Morgan fingerprint density at radius 3 is 2.76 bits per heavy atom. The maximum absolute atomic E-state index is 10.0. The molecule has 0 aromatic heterocycles. The van der Waals surface area contributed by atoms with Gasteiger partial charge in [-0.2, -0.15) is 0 Å². The fourth-order valence-electron chi connectivity index (χ4n) is 4.39. The molecule has 1 fully saturated rings. The van der Waals surface area contributed by atoms with Crippen molar-refractivity contribution in [3.05, 3.63) is 65.2 Å². The number of halogens is 1. The highest BCUT2D eigenvalue weighted by atomic mass is 35.5. The Balaban J connectivity index is 1.44. The molecule has 0 radical (unpaired) electrons. The Bertz CT molecular complexity index is 717. The van der Waals surface area contributed by atoms with Crippen molar-refractivity contribution in [3.63, 3.8) is 0 Å². The monoisotopic (exact) mass is 355 g/mol. The molecule has 2 aromatic rings. The standard InChI is InChI=1S/C22H26ClNO/c23-20-13-14-24(18-10-11-19-17(15-18)9-12-22(19)25)21(20)8-4-7-16-5-2-1-3-6-16/h1-3,5-6,10-11,15,20-22,25H,4,7-9,12-14H2. The molecule has 0 amide bonds. The van der Waals surface area contributed by atoms with Gasteiger partial charge >= 0.3 is 0 Å². The van der Waals surface area contributed by atoms with E-state index in [4.69, 9.17) is 11.6 Å². The normalized spacial score (nSPS) is 25.4. The third-order valence-electron chi connectivity index (χ3n) is 5.78. The zero-order valence-electron chi connectivity index (χ0n) is 14.6. The Hall–Kier alpha value is -1.51. The van der Waals surface area contributed by atoms with Crippen LogP contribution in [0.15, 0.2) is 48.5 Å². The summed E-state index contributed by atoms with van der Waals surface area (Å²) >= 11 is 6.66. The summed E-state index contributed by atoms with van der Waals surface area (Å²) in [6, 6.07) is 17.7. The molecule has 0 saturated carbocycles. The first-order valence-corrected chi connectivity index (χ1v) is 9.91. The van der Waals surface area contributed by atoms with E-state index < -0.39 is 0 Å². The van der Waals surface area contributed by atoms with Crippen LogP contribution in [0.2, 0.25) is 0 Å². The minimum Gasteiger partial charge on any atom is -0.388 e. The van der Waals surface area contributed by atoms with Gasteiger partial charge in [0.05, 0.1) is 11.5 Å². The van der Waals surface area contributed by atoms with Crippen molar-refractivity contribution in [1.29, 1.82) is 0 Å². The molecule has 25 heavy (non-hydrogen) atoms. The van der Waals surface area contributed by atoms with Crippen LogP contribution in [0.4, 0.5) is 5.69 Å².